The molecule has 7 heteroatoms. The lowest BCUT2D eigenvalue weighted by Gasteiger charge is -2.20. The van der Waals surface area contributed by atoms with E-state index in [2.05, 4.69) is 10.4 Å². The number of amides is 1. The highest BCUT2D eigenvalue weighted by molar-refractivity contribution is 5.75. The summed E-state index contributed by atoms with van der Waals surface area (Å²) in [5, 5.41) is 7.55. The van der Waals surface area contributed by atoms with Gasteiger partial charge in [-0.2, -0.15) is 0 Å². The van der Waals surface area contributed by atoms with Crippen LogP contribution in [0, 0.1) is 5.92 Å². The lowest BCUT2D eigenvalue weighted by atomic mass is 9.86. The number of aromatic nitrogens is 3. The van der Waals surface area contributed by atoms with E-state index in [9.17, 15) is 9.59 Å². The van der Waals surface area contributed by atoms with Gasteiger partial charge >= 0.3 is 5.69 Å². The number of hydrogen-bond donors (Lipinski definition) is 1. The quantitative estimate of drug-likeness (QED) is 0.683. The van der Waals surface area contributed by atoms with Crippen molar-refractivity contribution in [2.24, 2.45) is 5.92 Å². The van der Waals surface area contributed by atoms with Gasteiger partial charge < -0.3 is 10.1 Å². The smallest absolute Gasteiger partial charge is 0.346 e. The van der Waals surface area contributed by atoms with Crippen LogP contribution in [-0.2, 0) is 11.3 Å². The number of nitrogens with zero attached hydrogens (tertiary/aromatic N) is 3. The largest absolute Gasteiger partial charge is 0.497 e. The first-order chi connectivity index (χ1) is 14.7. The van der Waals surface area contributed by atoms with Gasteiger partial charge in [0, 0.05) is 24.6 Å². The standard InChI is InChI=1S/C23H32N4O3/c1-30-20-12-8-18(9-13-20)22-25-26(23(29)27(22)19-10-11-19)16-15-24-21(28)14-7-17-5-3-2-4-6-17/h8-9,12-13,17,19H,2-7,10-11,14-16H2,1H3,(H,24,28). The van der Waals surface area contributed by atoms with Crippen molar-refractivity contribution in [3.8, 4) is 17.1 Å². The Bertz CT molecular complexity index is 906. The van der Waals surface area contributed by atoms with Gasteiger partial charge in [0.15, 0.2) is 5.82 Å². The molecule has 0 bridgehead atoms. The average molecular weight is 413 g/mol. The summed E-state index contributed by atoms with van der Waals surface area (Å²) in [6, 6.07) is 7.84. The molecule has 7 nitrogen and oxygen atoms in total. The van der Waals surface area contributed by atoms with Gasteiger partial charge in [-0.3, -0.25) is 9.36 Å². The number of rotatable bonds is 9. The third kappa shape index (κ3) is 4.94. The first-order valence-electron chi connectivity index (χ1n) is 11.3. The molecule has 162 valence electrons. The number of nitrogens with one attached hydrogen (secondary N) is 1. The van der Waals surface area contributed by atoms with Crippen molar-refractivity contribution in [2.45, 2.75) is 70.4 Å². The van der Waals surface area contributed by atoms with Crippen LogP contribution >= 0.6 is 0 Å². The normalized spacial score (nSPS) is 17.1. The molecule has 2 aliphatic rings. The van der Waals surface area contributed by atoms with Crippen molar-refractivity contribution in [1.82, 2.24) is 19.7 Å². The molecule has 1 aromatic carbocycles. The molecule has 0 aliphatic heterocycles. The Kier molecular flexibility index (Phi) is 6.55. The van der Waals surface area contributed by atoms with Crippen LogP contribution < -0.4 is 15.7 Å². The topological polar surface area (TPSA) is 78.2 Å². The average Bonchev–Trinajstić information content (AvgIpc) is 3.57. The minimum absolute atomic E-state index is 0.0747. The zero-order valence-electron chi connectivity index (χ0n) is 17.8. The van der Waals surface area contributed by atoms with Crippen LogP contribution in [0.4, 0.5) is 0 Å². The first kappa shape index (κ1) is 20.7. The fourth-order valence-electron chi connectivity index (χ4n) is 4.37. The molecule has 1 amide bonds. The van der Waals surface area contributed by atoms with Gasteiger partial charge in [0.2, 0.25) is 5.91 Å². The molecule has 2 aliphatic carbocycles. The summed E-state index contributed by atoms with van der Waals surface area (Å²) >= 11 is 0. The van der Waals surface area contributed by atoms with Crippen LogP contribution in [0.2, 0.25) is 0 Å². The van der Waals surface area contributed by atoms with Gasteiger partial charge in [-0.1, -0.05) is 32.1 Å². The van der Waals surface area contributed by atoms with Crippen LogP contribution in [0.3, 0.4) is 0 Å². The molecule has 0 spiro atoms. The van der Waals surface area contributed by atoms with Crippen molar-refractivity contribution in [3.63, 3.8) is 0 Å². The fraction of sp³-hybridized carbons (Fsp3) is 0.609. The summed E-state index contributed by atoms with van der Waals surface area (Å²) < 4.78 is 8.51. The SMILES string of the molecule is COc1ccc(-c2nn(CCNC(=O)CCC3CCCCC3)c(=O)n2C2CC2)cc1. The monoisotopic (exact) mass is 412 g/mol. The van der Waals surface area contributed by atoms with Crippen molar-refractivity contribution < 1.29 is 9.53 Å². The molecular weight excluding hydrogens is 380 g/mol. The number of carbonyl (C=O) groups excluding carboxylic acids is 1. The van der Waals surface area contributed by atoms with Gasteiger partial charge in [0.05, 0.1) is 13.7 Å². The molecule has 1 N–H and O–H groups in total. The molecule has 2 saturated carbocycles. The van der Waals surface area contributed by atoms with Crippen LogP contribution in [0.15, 0.2) is 29.1 Å². The van der Waals surface area contributed by atoms with Crippen molar-refractivity contribution >= 4 is 5.91 Å². The number of ether oxygens (including phenoxy) is 1. The Balaban J connectivity index is 1.36. The van der Waals surface area contributed by atoms with Crippen LogP contribution in [0.25, 0.3) is 11.4 Å². The first-order valence-corrected chi connectivity index (χ1v) is 11.3. The maximum Gasteiger partial charge on any atom is 0.346 e. The van der Waals surface area contributed by atoms with Crippen molar-refractivity contribution in [1.29, 1.82) is 0 Å². The predicted molar refractivity (Wildman–Crippen MR) is 116 cm³/mol. The molecule has 1 heterocycles. The Labute approximate surface area is 177 Å². The van der Waals surface area contributed by atoms with Crippen LogP contribution in [0.5, 0.6) is 5.75 Å². The minimum atomic E-state index is -0.0974. The van der Waals surface area contributed by atoms with E-state index in [1.165, 1.54) is 36.8 Å². The predicted octanol–water partition coefficient (Wildman–Crippen LogP) is 3.53. The summed E-state index contributed by atoms with van der Waals surface area (Å²) in [5.41, 5.74) is 0.801. The van der Waals surface area contributed by atoms with E-state index in [-0.39, 0.29) is 17.6 Å². The van der Waals surface area contributed by atoms with Crippen LogP contribution in [-0.4, -0.2) is 33.9 Å². The summed E-state index contributed by atoms with van der Waals surface area (Å²) in [7, 11) is 1.63. The lowest BCUT2D eigenvalue weighted by molar-refractivity contribution is -0.121. The summed E-state index contributed by atoms with van der Waals surface area (Å²) in [4.78, 5) is 25.1. The van der Waals surface area contributed by atoms with E-state index < -0.39 is 0 Å². The van der Waals surface area contributed by atoms with E-state index in [1.807, 2.05) is 24.3 Å². The summed E-state index contributed by atoms with van der Waals surface area (Å²) in [6.07, 6.45) is 10.0. The van der Waals surface area contributed by atoms with E-state index in [0.717, 1.165) is 30.6 Å². The zero-order chi connectivity index (χ0) is 20.9. The number of hydrogen-bond acceptors (Lipinski definition) is 4. The van der Waals surface area contributed by atoms with Gasteiger partial charge in [-0.05, 0) is 49.4 Å². The molecule has 30 heavy (non-hydrogen) atoms. The molecule has 0 radical (unpaired) electrons. The summed E-state index contributed by atoms with van der Waals surface area (Å²) in [5.74, 6) is 2.24. The maximum absolute atomic E-state index is 12.9. The Hall–Kier alpha value is -2.57. The van der Waals surface area contributed by atoms with Gasteiger partial charge in [-0.25, -0.2) is 9.48 Å². The van der Waals surface area contributed by atoms with E-state index in [4.69, 9.17) is 4.74 Å². The highest BCUT2D eigenvalue weighted by Crippen LogP contribution is 2.36. The highest BCUT2D eigenvalue weighted by atomic mass is 16.5. The minimum Gasteiger partial charge on any atom is -0.497 e. The molecule has 2 aromatic rings. The van der Waals surface area contributed by atoms with Gasteiger partial charge in [0.1, 0.15) is 5.75 Å². The molecule has 2 fully saturated rings. The summed E-state index contributed by atoms with van der Waals surface area (Å²) in [6.45, 7) is 0.810. The molecule has 0 unspecified atom stereocenters. The number of benzene rings is 1. The van der Waals surface area contributed by atoms with E-state index >= 15 is 0 Å². The van der Waals surface area contributed by atoms with Gasteiger partial charge in [-0.15, -0.1) is 5.10 Å². The fourth-order valence-corrected chi connectivity index (χ4v) is 4.37. The Morgan fingerprint density at radius 1 is 1.13 bits per heavy atom. The van der Waals surface area contributed by atoms with E-state index in [1.54, 1.807) is 11.7 Å². The number of carbonyl (C=O) groups is 1. The van der Waals surface area contributed by atoms with Crippen molar-refractivity contribution in [3.05, 3.63) is 34.7 Å². The Morgan fingerprint density at radius 3 is 2.53 bits per heavy atom. The third-order valence-corrected chi connectivity index (χ3v) is 6.28. The molecular formula is C23H32N4O3. The second-order valence-corrected chi connectivity index (χ2v) is 8.55. The maximum atomic E-state index is 12.9. The van der Waals surface area contributed by atoms with Gasteiger partial charge in [0.25, 0.3) is 0 Å². The molecule has 4 rings (SSSR count). The second kappa shape index (κ2) is 9.49. The Morgan fingerprint density at radius 2 is 1.87 bits per heavy atom. The molecule has 0 saturated heterocycles. The zero-order valence-corrected chi connectivity index (χ0v) is 17.8. The van der Waals surface area contributed by atoms with Crippen molar-refractivity contribution in [2.75, 3.05) is 13.7 Å². The number of methoxy groups -OCH3 is 1. The van der Waals surface area contributed by atoms with E-state index in [0.29, 0.717) is 31.3 Å². The second-order valence-electron chi connectivity index (χ2n) is 8.55. The molecule has 0 atom stereocenters. The lowest BCUT2D eigenvalue weighted by Crippen LogP contribution is -2.32. The molecule has 1 aromatic heterocycles. The highest BCUT2D eigenvalue weighted by Gasteiger charge is 2.30. The third-order valence-electron chi connectivity index (χ3n) is 6.28. The van der Waals surface area contributed by atoms with Crippen LogP contribution in [0.1, 0.15) is 63.8 Å².